The Labute approximate surface area is 102 Å². The number of aromatic nitrogens is 2. The van der Waals surface area contributed by atoms with Gasteiger partial charge in [-0.2, -0.15) is 5.10 Å². The number of rotatable bonds is 7. The quantitative estimate of drug-likeness (QED) is 0.578. The minimum absolute atomic E-state index is 0.298. The summed E-state index contributed by atoms with van der Waals surface area (Å²) in [6.07, 6.45) is 3.85. The molecule has 0 bridgehead atoms. The van der Waals surface area contributed by atoms with Crippen molar-refractivity contribution in [3.05, 3.63) is 17.5 Å². The molecule has 0 saturated carbocycles. The number of nitrogens with zero attached hydrogens (tertiary/aromatic N) is 2. The molecule has 0 spiro atoms. The van der Waals surface area contributed by atoms with Crippen molar-refractivity contribution < 1.29 is 9.53 Å². The highest BCUT2D eigenvalue weighted by Crippen LogP contribution is 2.09. The van der Waals surface area contributed by atoms with Gasteiger partial charge in [0.15, 0.2) is 0 Å². The van der Waals surface area contributed by atoms with Crippen molar-refractivity contribution in [3.63, 3.8) is 0 Å². The molecule has 0 unspecified atom stereocenters. The second-order valence-electron chi connectivity index (χ2n) is 3.88. The van der Waals surface area contributed by atoms with Gasteiger partial charge in [0, 0.05) is 13.6 Å². The highest BCUT2D eigenvalue weighted by molar-refractivity contribution is 5.90. The van der Waals surface area contributed by atoms with Gasteiger partial charge in [-0.1, -0.05) is 13.3 Å². The standard InChI is InChI=1S/C12H21N3O2/c1-4-6-7-13-9-11-10(8-14-15(11)3)12(16)17-5-2/h8,13H,4-7,9H2,1-3H3. The van der Waals surface area contributed by atoms with Gasteiger partial charge in [0.2, 0.25) is 0 Å². The smallest absolute Gasteiger partial charge is 0.341 e. The molecule has 0 amide bonds. The second kappa shape index (κ2) is 7.06. The van der Waals surface area contributed by atoms with Crippen molar-refractivity contribution in [3.8, 4) is 0 Å². The van der Waals surface area contributed by atoms with Gasteiger partial charge in [-0.25, -0.2) is 4.79 Å². The molecule has 0 fully saturated rings. The number of aryl methyl sites for hydroxylation is 1. The molecule has 1 heterocycles. The third-order valence-electron chi connectivity index (χ3n) is 2.56. The third-order valence-corrected chi connectivity index (χ3v) is 2.56. The topological polar surface area (TPSA) is 56.1 Å². The van der Waals surface area contributed by atoms with Crippen molar-refractivity contribution in [2.24, 2.45) is 7.05 Å². The molecule has 5 nitrogen and oxygen atoms in total. The Morgan fingerprint density at radius 1 is 1.53 bits per heavy atom. The van der Waals surface area contributed by atoms with E-state index in [1.165, 1.54) is 0 Å². The van der Waals surface area contributed by atoms with Crippen LogP contribution in [0.2, 0.25) is 0 Å². The predicted octanol–water partition coefficient (Wildman–Crippen LogP) is 1.49. The Hall–Kier alpha value is -1.36. The van der Waals surface area contributed by atoms with Gasteiger partial charge in [-0.3, -0.25) is 4.68 Å². The molecule has 17 heavy (non-hydrogen) atoms. The molecule has 0 aliphatic carbocycles. The Kier molecular flexibility index (Phi) is 5.69. The molecule has 1 rings (SSSR count). The van der Waals surface area contributed by atoms with Gasteiger partial charge in [-0.15, -0.1) is 0 Å². The second-order valence-corrected chi connectivity index (χ2v) is 3.88. The van der Waals surface area contributed by atoms with Crippen molar-refractivity contribution in [1.82, 2.24) is 15.1 Å². The molecular weight excluding hydrogens is 218 g/mol. The van der Waals surface area contributed by atoms with Crippen LogP contribution < -0.4 is 5.32 Å². The lowest BCUT2D eigenvalue weighted by Crippen LogP contribution is -2.19. The number of hydrogen-bond donors (Lipinski definition) is 1. The zero-order chi connectivity index (χ0) is 12.7. The van der Waals surface area contributed by atoms with Crippen LogP contribution in [-0.4, -0.2) is 28.9 Å². The van der Waals surface area contributed by atoms with E-state index < -0.39 is 0 Å². The van der Waals surface area contributed by atoms with E-state index in [0.29, 0.717) is 18.7 Å². The van der Waals surface area contributed by atoms with Crippen molar-refractivity contribution >= 4 is 5.97 Å². The molecule has 0 aromatic carbocycles. The van der Waals surface area contributed by atoms with Gasteiger partial charge < -0.3 is 10.1 Å². The van der Waals surface area contributed by atoms with E-state index in [4.69, 9.17) is 4.74 Å². The number of hydrogen-bond acceptors (Lipinski definition) is 4. The van der Waals surface area contributed by atoms with Crippen LogP contribution in [0.5, 0.6) is 0 Å². The van der Waals surface area contributed by atoms with E-state index in [9.17, 15) is 4.79 Å². The molecule has 1 aromatic rings. The van der Waals surface area contributed by atoms with E-state index in [-0.39, 0.29) is 5.97 Å². The fourth-order valence-electron chi connectivity index (χ4n) is 1.56. The van der Waals surface area contributed by atoms with Gasteiger partial charge in [-0.05, 0) is 19.9 Å². The van der Waals surface area contributed by atoms with E-state index >= 15 is 0 Å². The number of esters is 1. The van der Waals surface area contributed by atoms with Crippen LogP contribution in [-0.2, 0) is 18.3 Å². The van der Waals surface area contributed by atoms with E-state index in [1.807, 2.05) is 7.05 Å². The maximum Gasteiger partial charge on any atom is 0.341 e. The third kappa shape index (κ3) is 3.85. The van der Waals surface area contributed by atoms with Crippen LogP contribution in [0.4, 0.5) is 0 Å². The van der Waals surface area contributed by atoms with Crippen LogP contribution in [0.3, 0.4) is 0 Å². The summed E-state index contributed by atoms with van der Waals surface area (Å²) in [7, 11) is 1.83. The monoisotopic (exact) mass is 239 g/mol. The Morgan fingerprint density at radius 2 is 2.29 bits per heavy atom. The first-order chi connectivity index (χ1) is 8.20. The van der Waals surface area contributed by atoms with Crippen LogP contribution in [0.15, 0.2) is 6.20 Å². The molecule has 0 radical (unpaired) electrons. The van der Waals surface area contributed by atoms with Crippen LogP contribution in [0.1, 0.15) is 42.7 Å². The Morgan fingerprint density at radius 3 is 2.94 bits per heavy atom. The zero-order valence-corrected chi connectivity index (χ0v) is 10.8. The summed E-state index contributed by atoms with van der Waals surface area (Å²) in [5, 5.41) is 7.39. The Bertz CT molecular complexity index is 361. The average Bonchev–Trinajstić information content (AvgIpc) is 2.67. The molecule has 0 saturated heterocycles. The van der Waals surface area contributed by atoms with Gasteiger partial charge >= 0.3 is 5.97 Å². The lowest BCUT2D eigenvalue weighted by atomic mass is 10.2. The zero-order valence-electron chi connectivity index (χ0n) is 10.8. The molecule has 1 N–H and O–H groups in total. The minimum atomic E-state index is -0.298. The van der Waals surface area contributed by atoms with Gasteiger partial charge in [0.05, 0.1) is 18.5 Å². The summed E-state index contributed by atoms with van der Waals surface area (Å²) in [4.78, 5) is 11.7. The average molecular weight is 239 g/mol. The normalized spacial score (nSPS) is 10.5. The first-order valence-electron chi connectivity index (χ1n) is 6.09. The van der Waals surface area contributed by atoms with Crippen LogP contribution in [0, 0.1) is 0 Å². The fourth-order valence-corrected chi connectivity index (χ4v) is 1.56. The number of carbonyl (C=O) groups excluding carboxylic acids is 1. The van der Waals surface area contributed by atoms with E-state index in [2.05, 4.69) is 17.3 Å². The lowest BCUT2D eigenvalue weighted by molar-refractivity contribution is 0.0524. The van der Waals surface area contributed by atoms with Crippen molar-refractivity contribution in [1.29, 1.82) is 0 Å². The SMILES string of the molecule is CCCCNCc1c(C(=O)OCC)cnn1C. The molecule has 5 heteroatoms. The first-order valence-corrected chi connectivity index (χ1v) is 6.09. The molecular formula is C12H21N3O2. The van der Waals surface area contributed by atoms with Crippen molar-refractivity contribution in [2.75, 3.05) is 13.2 Å². The largest absolute Gasteiger partial charge is 0.462 e. The minimum Gasteiger partial charge on any atom is -0.462 e. The number of carbonyl (C=O) groups is 1. The summed E-state index contributed by atoms with van der Waals surface area (Å²) in [5.41, 5.74) is 1.43. The number of nitrogens with one attached hydrogen (secondary N) is 1. The predicted molar refractivity (Wildman–Crippen MR) is 65.8 cm³/mol. The summed E-state index contributed by atoms with van der Waals surface area (Å²) in [6, 6.07) is 0. The molecule has 0 atom stereocenters. The summed E-state index contributed by atoms with van der Waals surface area (Å²) < 4.78 is 6.70. The van der Waals surface area contributed by atoms with E-state index in [1.54, 1.807) is 17.8 Å². The summed E-state index contributed by atoms with van der Waals surface area (Å²) >= 11 is 0. The number of unbranched alkanes of at least 4 members (excludes halogenated alkanes) is 1. The highest BCUT2D eigenvalue weighted by Gasteiger charge is 2.16. The molecule has 0 aliphatic heterocycles. The van der Waals surface area contributed by atoms with Gasteiger partial charge in [0.1, 0.15) is 5.56 Å². The Balaban J connectivity index is 2.63. The number of ether oxygens (including phenoxy) is 1. The summed E-state index contributed by atoms with van der Waals surface area (Å²) in [6.45, 7) is 5.92. The lowest BCUT2D eigenvalue weighted by Gasteiger charge is -2.07. The van der Waals surface area contributed by atoms with Crippen molar-refractivity contribution in [2.45, 2.75) is 33.2 Å². The van der Waals surface area contributed by atoms with Gasteiger partial charge in [0.25, 0.3) is 0 Å². The molecule has 0 aliphatic rings. The first kappa shape index (κ1) is 13.7. The van der Waals surface area contributed by atoms with Crippen LogP contribution in [0.25, 0.3) is 0 Å². The maximum absolute atomic E-state index is 11.7. The van der Waals surface area contributed by atoms with E-state index in [0.717, 1.165) is 25.1 Å². The maximum atomic E-state index is 11.7. The molecule has 96 valence electrons. The van der Waals surface area contributed by atoms with Crippen LogP contribution >= 0.6 is 0 Å². The highest BCUT2D eigenvalue weighted by atomic mass is 16.5. The molecule has 1 aromatic heterocycles. The summed E-state index contributed by atoms with van der Waals surface area (Å²) in [5.74, 6) is -0.298. The fraction of sp³-hybridized carbons (Fsp3) is 0.667.